The van der Waals surface area contributed by atoms with Gasteiger partial charge < -0.3 is 36.8 Å². The number of aliphatic carboxylic acids is 3. The maximum absolute atomic E-state index is 12.0. The number of carbonyl (C=O) groups is 5. The molecule has 136 valence electrons. The zero-order chi connectivity index (χ0) is 18.9. The van der Waals surface area contributed by atoms with Crippen molar-refractivity contribution >= 4 is 29.7 Å². The smallest absolute Gasteiger partial charge is 0.326 e. The van der Waals surface area contributed by atoms with Crippen LogP contribution >= 0.6 is 0 Å². The number of amides is 2. The third-order valence-corrected chi connectivity index (χ3v) is 2.81. The van der Waals surface area contributed by atoms with E-state index in [1.165, 1.54) is 0 Å². The molecule has 0 aromatic carbocycles. The molecule has 2 amide bonds. The van der Waals surface area contributed by atoms with Gasteiger partial charge in [-0.1, -0.05) is 0 Å². The molecule has 8 N–H and O–H groups in total. The van der Waals surface area contributed by atoms with Gasteiger partial charge in [0.15, 0.2) is 0 Å². The number of aliphatic hydroxyl groups is 1. The van der Waals surface area contributed by atoms with E-state index in [1.807, 2.05) is 10.6 Å². The predicted molar refractivity (Wildman–Crippen MR) is 75.7 cm³/mol. The fourth-order valence-electron chi connectivity index (χ4n) is 1.54. The fourth-order valence-corrected chi connectivity index (χ4v) is 1.54. The average Bonchev–Trinajstić information content (AvgIpc) is 2.48. The van der Waals surface area contributed by atoms with E-state index in [1.54, 1.807) is 0 Å². The van der Waals surface area contributed by atoms with Gasteiger partial charge in [-0.3, -0.25) is 19.2 Å². The van der Waals surface area contributed by atoms with Crippen LogP contribution in [-0.2, 0) is 24.0 Å². The van der Waals surface area contributed by atoms with Crippen LogP contribution < -0.4 is 16.4 Å². The monoisotopic (exact) mass is 349 g/mol. The third kappa shape index (κ3) is 8.05. The summed E-state index contributed by atoms with van der Waals surface area (Å²) >= 11 is 0. The van der Waals surface area contributed by atoms with Crippen LogP contribution in [-0.4, -0.2) is 74.9 Å². The summed E-state index contributed by atoms with van der Waals surface area (Å²) in [7, 11) is 0. The van der Waals surface area contributed by atoms with Gasteiger partial charge in [0, 0.05) is 6.42 Å². The summed E-state index contributed by atoms with van der Waals surface area (Å²) in [5.74, 6) is -6.38. The summed E-state index contributed by atoms with van der Waals surface area (Å²) in [6.07, 6.45) is -1.83. The molecule has 24 heavy (non-hydrogen) atoms. The van der Waals surface area contributed by atoms with Crippen molar-refractivity contribution in [3.05, 3.63) is 0 Å². The van der Waals surface area contributed by atoms with E-state index < -0.39 is 73.7 Å². The Morgan fingerprint density at radius 1 is 0.875 bits per heavy atom. The summed E-state index contributed by atoms with van der Waals surface area (Å²) in [6, 6.07) is -4.61. The minimum Gasteiger partial charge on any atom is -0.481 e. The molecule has 0 saturated carbocycles. The van der Waals surface area contributed by atoms with Crippen LogP contribution in [0.3, 0.4) is 0 Å². The number of nitrogens with one attached hydrogen (secondary N) is 2. The Hall–Kier alpha value is -2.73. The molecular formula is C12H19N3O9. The number of carboxylic acid groups (broad SMARTS) is 3. The highest BCUT2D eigenvalue weighted by atomic mass is 16.4. The van der Waals surface area contributed by atoms with Gasteiger partial charge in [-0.2, -0.15) is 0 Å². The summed E-state index contributed by atoms with van der Waals surface area (Å²) in [5.41, 5.74) is 5.23. The topological polar surface area (TPSA) is 216 Å². The van der Waals surface area contributed by atoms with Crippen molar-refractivity contribution in [2.45, 2.75) is 37.4 Å². The standard InChI is InChI=1S/C12H19N3O9/c13-5(4-16)10(21)15-7(3-9(19)20)11(22)14-6(12(23)24)1-2-8(17)18/h5-7,16H,1-4,13H2,(H,14,22)(H,15,21)(H,17,18)(H,19,20)(H,23,24). The van der Waals surface area contributed by atoms with Gasteiger partial charge in [-0.05, 0) is 6.42 Å². The van der Waals surface area contributed by atoms with Gasteiger partial charge in [0.25, 0.3) is 0 Å². The van der Waals surface area contributed by atoms with Crippen LogP contribution in [0, 0.1) is 0 Å². The first-order valence-corrected chi connectivity index (χ1v) is 6.72. The van der Waals surface area contributed by atoms with E-state index in [9.17, 15) is 24.0 Å². The molecule has 0 aliphatic carbocycles. The molecule has 12 nitrogen and oxygen atoms in total. The van der Waals surface area contributed by atoms with Gasteiger partial charge >= 0.3 is 17.9 Å². The van der Waals surface area contributed by atoms with E-state index in [0.717, 1.165) is 0 Å². The van der Waals surface area contributed by atoms with E-state index in [-0.39, 0.29) is 0 Å². The Morgan fingerprint density at radius 3 is 1.83 bits per heavy atom. The van der Waals surface area contributed by atoms with Crippen molar-refractivity contribution in [3.63, 3.8) is 0 Å². The molecule has 0 aliphatic rings. The first-order chi connectivity index (χ1) is 11.1. The molecule has 0 spiro atoms. The Morgan fingerprint density at radius 2 is 1.42 bits per heavy atom. The number of hydrogen-bond acceptors (Lipinski definition) is 7. The number of rotatable bonds is 11. The van der Waals surface area contributed by atoms with Gasteiger partial charge in [0.05, 0.1) is 13.0 Å². The van der Waals surface area contributed by atoms with Gasteiger partial charge in [0.2, 0.25) is 11.8 Å². The number of aliphatic hydroxyl groups excluding tert-OH is 1. The summed E-state index contributed by atoms with van der Waals surface area (Å²) < 4.78 is 0. The first-order valence-electron chi connectivity index (χ1n) is 6.72. The molecule has 0 bridgehead atoms. The molecule has 0 radical (unpaired) electrons. The summed E-state index contributed by atoms with van der Waals surface area (Å²) in [4.78, 5) is 55.8. The highest BCUT2D eigenvalue weighted by molar-refractivity contribution is 5.94. The van der Waals surface area contributed by atoms with Crippen LogP contribution in [0.2, 0.25) is 0 Å². The molecule has 0 aromatic heterocycles. The number of carbonyl (C=O) groups excluding carboxylic acids is 2. The van der Waals surface area contributed by atoms with Crippen LogP contribution in [0.1, 0.15) is 19.3 Å². The third-order valence-electron chi connectivity index (χ3n) is 2.81. The normalized spacial score (nSPS) is 14.1. The Labute approximate surface area is 135 Å². The fraction of sp³-hybridized carbons (Fsp3) is 0.583. The van der Waals surface area contributed by atoms with Gasteiger partial charge in [-0.15, -0.1) is 0 Å². The lowest BCUT2D eigenvalue weighted by molar-refractivity contribution is -0.144. The Balaban J connectivity index is 5.00. The summed E-state index contributed by atoms with van der Waals surface area (Å²) in [6.45, 7) is -0.746. The molecule has 0 aromatic rings. The molecule has 3 unspecified atom stereocenters. The summed E-state index contributed by atoms with van der Waals surface area (Å²) in [5, 5.41) is 38.9. The highest BCUT2D eigenvalue weighted by Crippen LogP contribution is 2.01. The Kier molecular flexibility index (Phi) is 8.97. The van der Waals surface area contributed by atoms with Crippen LogP contribution in [0.15, 0.2) is 0 Å². The second-order valence-electron chi connectivity index (χ2n) is 4.78. The highest BCUT2D eigenvalue weighted by Gasteiger charge is 2.29. The zero-order valence-electron chi connectivity index (χ0n) is 12.5. The number of hydrogen-bond donors (Lipinski definition) is 7. The zero-order valence-corrected chi connectivity index (χ0v) is 12.5. The van der Waals surface area contributed by atoms with Crippen molar-refractivity contribution in [3.8, 4) is 0 Å². The first kappa shape index (κ1) is 21.3. The largest absolute Gasteiger partial charge is 0.481 e. The quantitative estimate of drug-likeness (QED) is 0.197. The van der Waals surface area contributed by atoms with Crippen molar-refractivity contribution in [2.75, 3.05) is 6.61 Å². The molecule has 0 fully saturated rings. The molecule has 0 saturated heterocycles. The maximum atomic E-state index is 12.0. The van der Waals surface area contributed by atoms with E-state index in [0.29, 0.717) is 0 Å². The van der Waals surface area contributed by atoms with Crippen molar-refractivity contribution in [1.29, 1.82) is 0 Å². The van der Waals surface area contributed by atoms with Crippen LogP contribution in [0.4, 0.5) is 0 Å². The minimum atomic E-state index is -1.64. The second-order valence-corrected chi connectivity index (χ2v) is 4.78. The lowest BCUT2D eigenvalue weighted by Gasteiger charge is -2.21. The molecule has 0 aliphatic heterocycles. The van der Waals surface area contributed by atoms with E-state index >= 15 is 0 Å². The molecule has 0 rings (SSSR count). The van der Waals surface area contributed by atoms with E-state index in [4.69, 9.17) is 26.2 Å². The van der Waals surface area contributed by atoms with Crippen molar-refractivity contribution in [2.24, 2.45) is 5.73 Å². The van der Waals surface area contributed by atoms with Crippen LogP contribution in [0.25, 0.3) is 0 Å². The SMILES string of the molecule is NC(CO)C(=O)NC(CC(=O)O)C(=O)NC(CCC(=O)O)C(=O)O. The van der Waals surface area contributed by atoms with Gasteiger partial charge in [-0.25, -0.2) is 4.79 Å². The van der Waals surface area contributed by atoms with Gasteiger partial charge in [0.1, 0.15) is 18.1 Å². The number of carboxylic acids is 3. The molecular weight excluding hydrogens is 330 g/mol. The minimum absolute atomic E-state index is 0.430. The molecule has 0 heterocycles. The van der Waals surface area contributed by atoms with Crippen molar-refractivity contribution < 1.29 is 44.4 Å². The lowest BCUT2D eigenvalue weighted by Crippen LogP contribution is -2.55. The molecule has 12 heteroatoms. The maximum Gasteiger partial charge on any atom is 0.326 e. The molecule has 3 atom stereocenters. The Bertz CT molecular complexity index is 508. The van der Waals surface area contributed by atoms with Crippen LogP contribution in [0.5, 0.6) is 0 Å². The lowest BCUT2D eigenvalue weighted by atomic mass is 10.1. The van der Waals surface area contributed by atoms with E-state index in [2.05, 4.69) is 0 Å². The average molecular weight is 349 g/mol. The predicted octanol–water partition coefficient (Wildman–Crippen LogP) is -3.30. The van der Waals surface area contributed by atoms with Crippen molar-refractivity contribution in [1.82, 2.24) is 10.6 Å². The second kappa shape index (κ2) is 10.1. The number of nitrogens with two attached hydrogens (primary N) is 1.